The fraction of sp³-hybridized carbons (Fsp3) is 0.200. The number of amides is 1. The molecule has 19 heavy (non-hydrogen) atoms. The van der Waals surface area contributed by atoms with Crippen molar-refractivity contribution in [3.8, 4) is 0 Å². The molecule has 2 aromatic heterocycles. The minimum absolute atomic E-state index is 0.0689. The minimum Gasteiger partial charge on any atom is -0.304 e. The minimum atomic E-state index is -3.93. The van der Waals surface area contributed by atoms with Crippen LogP contribution in [0.5, 0.6) is 0 Å². The van der Waals surface area contributed by atoms with E-state index >= 15 is 0 Å². The second kappa shape index (κ2) is 4.76. The molecule has 9 heteroatoms. The van der Waals surface area contributed by atoms with E-state index in [4.69, 9.17) is 5.14 Å². The molecule has 102 valence electrons. The van der Waals surface area contributed by atoms with Gasteiger partial charge in [-0.25, -0.2) is 13.6 Å². The van der Waals surface area contributed by atoms with Gasteiger partial charge in [-0.15, -0.1) is 0 Å². The summed E-state index contributed by atoms with van der Waals surface area (Å²) in [7, 11) is -2.39. The third-order valence-electron chi connectivity index (χ3n) is 2.43. The zero-order valence-electron chi connectivity index (χ0n) is 10.2. The molecular formula is C10H12N4O3S2. The van der Waals surface area contributed by atoms with Gasteiger partial charge in [0.2, 0.25) is 10.0 Å². The number of primary sulfonamides is 1. The van der Waals surface area contributed by atoms with E-state index in [-0.39, 0.29) is 10.7 Å². The first-order valence-electron chi connectivity index (χ1n) is 5.19. The van der Waals surface area contributed by atoms with Gasteiger partial charge >= 0.3 is 0 Å². The first kappa shape index (κ1) is 13.7. The topological polar surface area (TPSA) is 107 Å². The van der Waals surface area contributed by atoms with Crippen molar-refractivity contribution in [2.24, 2.45) is 12.2 Å². The van der Waals surface area contributed by atoms with Crippen LogP contribution in [-0.2, 0) is 17.1 Å². The molecule has 0 spiro atoms. The molecule has 7 nitrogen and oxygen atoms in total. The zero-order chi connectivity index (χ0) is 14.2. The largest absolute Gasteiger partial charge is 0.304 e. The number of rotatable bonds is 3. The van der Waals surface area contributed by atoms with Gasteiger partial charge < -0.3 is 5.32 Å². The molecule has 0 radical (unpaired) electrons. The van der Waals surface area contributed by atoms with Gasteiger partial charge in [-0.05, 0) is 17.9 Å². The number of nitrogens with one attached hydrogen (secondary N) is 1. The summed E-state index contributed by atoms with van der Waals surface area (Å²) in [5.74, 6) is -0.483. The fourth-order valence-corrected chi connectivity index (χ4v) is 3.02. The molecule has 1 amide bonds. The van der Waals surface area contributed by atoms with Crippen LogP contribution in [0.4, 0.5) is 5.82 Å². The number of sulfonamides is 1. The standard InChI is InChI=1S/C10H12N4O3S2/c1-6-4-18-5-7(6)10(15)12-9-8(19(11,16)17)3-14(2)13-9/h3-5H,1-2H3,(H2,11,16,17)(H,12,13,15). The van der Waals surface area contributed by atoms with Crippen molar-refractivity contribution in [1.29, 1.82) is 0 Å². The highest BCUT2D eigenvalue weighted by atomic mass is 32.2. The monoisotopic (exact) mass is 300 g/mol. The van der Waals surface area contributed by atoms with Crippen molar-refractivity contribution in [1.82, 2.24) is 9.78 Å². The average molecular weight is 300 g/mol. The predicted octanol–water partition coefficient (Wildman–Crippen LogP) is 0.690. The number of nitrogens with two attached hydrogens (primary N) is 1. The maximum atomic E-state index is 12.0. The van der Waals surface area contributed by atoms with Crippen molar-refractivity contribution in [3.05, 3.63) is 28.1 Å². The molecular weight excluding hydrogens is 288 g/mol. The Kier molecular flexibility index (Phi) is 3.43. The highest BCUT2D eigenvalue weighted by Crippen LogP contribution is 2.20. The smallest absolute Gasteiger partial charge is 0.258 e. The van der Waals surface area contributed by atoms with Gasteiger partial charge in [0, 0.05) is 18.6 Å². The third-order valence-corrected chi connectivity index (χ3v) is 4.21. The van der Waals surface area contributed by atoms with Crippen LogP contribution in [0.1, 0.15) is 15.9 Å². The summed E-state index contributed by atoms with van der Waals surface area (Å²) >= 11 is 1.39. The molecule has 0 fully saturated rings. The summed E-state index contributed by atoms with van der Waals surface area (Å²) in [6.07, 6.45) is 1.24. The van der Waals surface area contributed by atoms with Crippen LogP contribution in [0.25, 0.3) is 0 Å². The Hall–Kier alpha value is -1.71. The number of carbonyl (C=O) groups excluding carboxylic acids is 1. The highest BCUT2D eigenvalue weighted by molar-refractivity contribution is 7.89. The molecule has 0 atom stereocenters. The van der Waals surface area contributed by atoms with Crippen LogP contribution in [-0.4, -0.2) is 24.1 Å². The van der Waals surface area contributed by atoms with Crippen molar-refractivity contribution in [2.45, 2.75) is 11.8 Å². The SMILES string of the molecule is Cc1cscc1C(=O)Nc1nn(C)cc1S(N)(=O)=O. The Labute approximate surface area is 114 Å². The Morgan fingerprint density at radius 3 is 2.68 bits per heavy atom. The molecule has 3 N–H and O–H groups in total. The number of hydrogen-bond donors (Lipinski definition) is 2. The molecule has 0 aliphatic heterocycles. The van der Waals surface area contributed by atoms with Crippen molar-refractivity contribution in [2.75, 3.05) is 5.32 Å². The Morgan fingerprint density at radius 2 is 2.16 bits per heavy atom. The lowest BCUT2D eigenvalue weighted by atomic mass is 10.2. The fourth-order valence-electron chi connectivity index (χ4n) is 1.53. The lowest BCUT2D eigenvalue weighted by molar-refractivity contribution is 0.102. The summed E-state index contributed by atoms with van der Waals surface area (Å²) in [6.45, 7) is 1.80. The van der Waals surface area contributed by atoms with E-state index in [2.05, 4.69) is 10.4 Å². The second-order valence-electron chi connectivity index (χ2n) is 3.98. The normalized spacial score (nSPS) is 11.5. The van der Waals surface area contributed by atoms with Gasteiger partial charge in [-0.2, -0.15) is 16.4 Å². The zero-order valence-corrected chi connectivity index (χ0v) is 11.9. The lowest BCUT2D eigenvalue weighted by Crippen LogP contribution is -2.17. The Balaban J connectivity index is 2.35. The molecule has 0 saturated carbocycles. The number of thiophene rings is 1. The predicted molar refractivity (Wildman–Crippen MR) is 71.6 cm³/mol. The number of nitrogens with zero attached hydrogens (tertiary/aromatic N) is 2. The van der Waals surface area contributed by atoms with E-state index in [9.17, 15) is 13.2 Å². The summed E-state index contributed by atoms with van der Waals surface area (Å²) in [6, 6.07) is 0. The first-order chi connectivity index (χ1) is 8.79. The number of carbonyl (C=O) groups is 1. The van der Waals surface area contributed by atoms with Gasteiger partial charge in [-0.3, -0.25) is 9.48 Å². The van der Waals surface area contributed by atoms with E-state index in [0.717, 1.165) is 5.56 Å². The van der Waals surface area contributed by atoms with Gasteiger partial charge in [0.15, 0.2) is 5.82 Å². The van der Waals surface area contributed by atoms with E-state index < -0.39 is 15.9 Å². The van der Waals surface area contributed by atoms with Crippen LogP contribution in [0, 0.1) is 6.92 Å². The van der Waals surface area contributed by atoms with Crippen LogP contribution in [0.2, 0.25) is 0 Å². The molecule has 2 heterocycles. The van der Waals surface area contributed by atoms with Gasteiger partial charge in [0.1, 0.15) is 4.90 Å². The van der Waals surface area contributed by atoms with Gasteiger partial charge in [0.05, 0.1) is 5.56 Å². The van der Waals surface area contributed by atoms with Crippen molar-refractivity contribution < 1.29 is 13.2 Å². The summed E-state index contributed by atoms with van der Waals surface area (Å²) in [5, 5.41) is 14.9. The Morgan fingerprint density at radius 1 is 1.47 bits per heavy atom. The quantitative estimate of drug-likeness (QED) is 0.869. The van der Waals surface area contributed by atoms with Gasteiger partial charge in [-0.1, -0.05) is 0 Å². The second-order valence-corrected chi connectivity index (χ2v) is 6.26. The Bertz CT molecular complexity index is 730. The van der Waals surface area contributed by atoms with E-state index in [1.54, 1.807) is 19.4 Å². The van der Waals surface area contributed by atoms with Crippen molar-refractivity contribution >= 4 is 33.1 Å². The molecule has 0 aliphatic carbocycles. The molecule has 0 unspecified atom stereocenters. The third kappa shape index (κ3) is 2.83. The van der Waals surface area contributed by atoms with Gasteiger partial charge in [0.25, 0.3) is 5.91 Å². The van der Waals surface area contributed by atoms with Crippen LogP contribution >= 0.6 is 11.3 Å². The first-order valence-corrected chi connectivity index (χ1v) is 7.68. The number of hydrogen-bond acceptors (Lipinski definition) is 5. The lowest BCUT2D eigenvalue weighted by Gasteiger charge is -2.03. The molecule has 2 rings (SSSR count). The maximum absolute atomic E-state index is 12.0. The summed E-state index contributed by atoms with van der Waals surface area (Å²) in [5.41, 5.74) is 1.30. The summed E-state index contributed by atoms with van der Waals surface area (Å²) in [4.78, 5) is 11.8. The number of aryl methyl sites for hydroxylation is 2. The summed E-state index contributed by atoms with van der Waals surface area (Å²) < 4.78 is 24.0. The van der Waals surface area contributed by atoms with Crippen LogP contribution in [0.3, 0.4) is 0 Å². The molecule has 0 saturated heterocycles. The number of aromatic nitrogens is 2. The average Bonchev–Trinajstić information content (AvgIpc) is 2.84. The highest BCUT2D eigenvalue weighted by Gasteiger charge is 2.21. The van der Waals surface area contributed by atoms with E-state index in [0.29, 0.717) is 5.56 Å². The van der Waals surface area contributed by atoms with E-state index in [1.165, 1.54) is 22.2 Å². The maximum Gasteiger partial charge on any atom is 0.258 e. The van der Waals surface area contributed by atoms with Crippen molar-refractivity contribution in [3.63, 3.8) is 0 Å². The van der Waals surface area contributed by atoms with E-state index in [1.807, 2.05) is 5.38 Å². The van der Waals surface area contributed by atoms with Crippen LogP contribution < -0.4 is 10.5 Å². The molecule has 0 aliphatic rings. The molecule has 0 bridgehead atoms. The molecule has 0 aromatic carbocycles. The van der Waals surface area contributed by atoms with Crippen LogP contribution in [0.15, 0.2) is 21.9 Å². The number of anilines is 1. The molecule has 2 aromatic rings.